The second-order valence-electron chi connectivity index (χ2n) is 3.76. The molecule has 0 unspecified atom stereocenters. The average Bonchev–Trinajstić information content (AvgIpc) is 2.35. The lowest BCUT2D eigenvalue weighted by atomic mass is 10.0. The smallest absolute Gasteiger partial charge is 0.129 e. The van der Waals surface area contributed by atoms with Crippen LogP contribution in [-0.4, -0.2) is 4.86 Å². The number of halogens is 2. The molecule has 0 radical (unpaired) electrons. The van der Waals surface area contributed by atoms with E-state index in [-0.39, 0.29) is 5.56 Å². The van der Waals surface area contributed by atoms with Gasteiger partial charge in [0.2, 0.25) is 0 Å². The van der Waals surface area contributed by atoms with Crippen LogP contribution in [0.5, 0.6) is 0 Å². The van der Waals surface area contributed by atoms with Crippen LogP contribution in [0.2, 0.25) is 0 Å². The molecule has 2 aromatic rings. The highest BCUT2D eigenvalue weighted by Gasteiger charge is 2.10. The van der Waals surface area contributed by atoms with Gasteiger partial charge in [-0.25, -0.2) is 8.78 Å². The van der Waals surface area contributed by atoms with Crippen molar-refractivity contribution in [1.29, 1.82) is 0 Å². The number of hydrogen-bond acceptors (Lipinski definition) is 1. The van der Waals surface area contributed by atoms with Crippen molar-refractivity contribution < 1.29 is 8.78 Å². The zero-order valence-electron chi connectivity index (χ0n) is 9.21. The van der Waals surface area contributed by atoms with Crippen LogP contribution >= 0.6 is 12.2 Å². The molecule has 17 heavy (non-hydrogen) atoms. The topological polar surface area (TPSA) is 0 Å². The van der Waals surface area contributed by atoms with E-state index in [2.05, 4.69) is 0 Å². The van der Waals surface area contributed by atoms with Gasteiger partial charge in [-0.2, -0.15) is 0 Å². The second kappa shape index (κ2) is 4.72. The molecule has 0 spiro atoms. The highest BCUT2D eigenvalue weighted by Crippen LogP contribution is 2.18. The lowest BCUT2D eigenvalue weighted by molar-refractivity contribution is 0.568. The van der Waals surface area contributed by atoms with Crippen molar-refractivity contribution in [3.05, 3.63) is 70.8 Å². The fourth-order valence-corrected chi connectivity index (χ4v) is 1.79. The third-order valence-electron chi connectivity index (χ3n) is 2.58. The third kappa shape index (κ3) is 2.39. The minimum Gasteiger partial charge on any atom is -0.207 e. The van der Waals surface area contributed by atoms with Crippen LogP contribution in [0.3, 0.4) is 0 Å². The molecule has 0 saturated heterocycles. The third-order valence-corrected chi connectivity index (χ3v) is 3.05. The molecule has 0 fully saturated rings. The van der Waals surface area contributed by atoms with Crippen molar-refractivity contribution in [3.8, 4) is 0 Å². The van der Waals surface area contributed by atoms with Crippen LogP contribution in [-0.2, 0) is 0 Å². The lowest BCUT2D eigenvalue weighted by Crippen LogP contribution is -2.02. The summed E-state index contributed by atoms with van der Waals surface area (Å²) in [4.78, 5) is 0.448. The fraction of sp³-hybridized carbons (Fsp3) is 0.0714. The molecule has 0 N–H and O–H groups in total. The first kappa shape index (κ1) is 11.9. The number of thiocarbonyl (C=S) groups is 1. The second-order valence-corrected chi connectivity index (χ2v) is 4.17. The van der Waals surface area contributed by atoms with Crippen molar-refractivity contribution in [3.63, 3.8) is 0 Å². The molecule has 86 valence electrons. The van der Waals surface area contributed by atoms with E-state index in [1.165, 1.54) is 19.1 Å². The van der Waals surface area contributed by atoms with Gasteiger partial charge >= 0.3 is 0 Å². The van der Waals surface area contributed by atoms with Crippen LogP contribution in [0.4, 0.5) is 8.78 Å². The van der Waals surface area contributed by atoms with E-state index in [1.807, 2.05) is 30.3 Å². The molecule has 0 atom stereocenters. The number of benzene rings is 2. The van der Waals surface area contributed by atoms with Gasteiger partial charge in [0.05, 0.1) is 4.86 Å². The van der Waals surface area contributed by atoms with Crippen LogP contribution in [0.1, 0.15) is 16.7 Å². The Morgan fingerprint density at radius 2 is 1.47 bits per heavy atom. The van der Waals surface area contributed by atoms with Crippen molar-refractivity contribution in [2.45, 2.75) is 6.92 Å². The molecule has 0 nitrogen and oxygen atoms in total. The summed E-state index contributed by atoms with van der Waals surface area (Å²) in [6, 6.07) is 11.7. The van der Waals surface area contributed by atoms with Gasteiger partial charge in [0.15, 0.2) is 0 Å². The first-order valence-electron chi connectivity index (χ1n) is 5.15. The summed E-state index contributed by atoms with van der Waals surface area (Å²) >= 11 is 5.22. The van der Waals surface area contributed by atoms with Crippen LogP contribution < -0.4 is 0 Å². The minimum absolute atomic E-state index is 0.0182. The molecule has 0 aliphatic rings. The summed E-state index contributed by atoms with van der Waals surface area (Å²) in [5, 5.41) is 0. The average molecular weight is 248 g/mol. The summed E-state index contributed by atoms with van der Waals surface area (Å²) in [6.45, 7) is 1.40. The minimum atomic E-state index is -0.571. The standard InChI is InChI=1S/C14H10F2S/c1-9-12(15)7-11(8-13(9)16)14(17)10-5-3-2-4-6-10/h2-8H,1H3. The molecule has 0 aromatic heterocycles. The Bertz CT molecular complexity index is 539. The monoisotopic (exact) mass is 248 g/mol. The van der Waals surface area contributed by atoms with E-state index < -0.39 is 11.6 Å². The summed E-state index contributed by atoms with van der Waals surface area (Å²) in [6.07, 6.45) is 0. The molecule has 0 bridgehead atoms. The van der Waals surface area contributed by atoms with E-state index in [0.717, 1.165) is 5.56 Å². The summed E-state index contributed by atoms with van der Waals surface area (Å²) < 4.78 is 26.8. The molecule has 2 rings (SSSR count). The molecule has 0 aliphatic heterocycles. The van der Waals surface area contributed by atoms with Crippen LogP contribution in [0.15, 0.2) is 42.5 Å². The summed E-state index contributed by atoms with van der Waals surface area (Å²) in [5.74, 6) is -1.14. The van der Waals surface area contributed by atoms with Crippen molar-refractivity contribution in [2.75, 3.05) is 0 Å². The van der Waals surface area contributed by atoms with E-state index in [0.29, 0.717) is 10.4 Å². The van der Waals surface area contributed by atoms with Gasteiger partial charge in [0.25, 0.3) is 0 Å². The van der Waals surface area contributed by atoms with Crippen molar-refractivity contribution in [2.24, 2.45) is 0 Å². The molecule has 0 aliphatic carbocycles. The van der Waals surface area contributed by atoms with Crippen LogP contribution in [0, 0.1) is 18.6 Å². The van der Waals surface area contributed by atoms with E-state index >= 15 is 0 Å². The van der Waals surface area contributed by atoms with Crippen LogP contribution in [0.25, 0.3) is 0 Å². The maximum Gasteiger partial charge on any atom is 0.129 e. The Kier molecular flexibility index (Phi) is 3.29. The van der Waals surface area contributed by atoms with Crippen molar-refractivity contribution >= 4 is 17.1 Å². The van der Waals surface area contributed by atoms with Gasteiger partial charge in [-0.3, -0.25) is 0 Å². The zero-order chi connectivity index (χ0) is 12.4. The molecule has 2 aromatic carbocycles. The Morgan fingerprint density at radius 3 is 2.00 bits per heavy atom. The highest BCUT2D eigenvalue weighted by atomic mass is 32.1. The Labute approximate surface area is 104 Å². The molecule has 0 saturated carbocycles. The maximum absolute atomic E-state index is 13.4. The van der Waals surface area contributed by atoms with Gasteiger partial charge in [-0.15, -0.1) is 0 Å². The van der Waals surface area contributed by atoms with E-state index in [4.69, 9.17) is 12.2 Å². The van der Waals surface area contributed by atoms with E-state index in [9.17, 15) is 8.78 Å². The Morgan fingerprint density at radius 1 is 0.941 bits per heavy atom. The molecule has 3 heteroatoms. The van der Waals surface area contributed by atoms with Gasteiger partial charge < -0.3 is 0 Å². The maximum atomic E-state index is 13.4. The normalized spacial score (nSPS) is 10.3. The Hall–Kier alpha value is -1.61. The first-order chi connectivity index (χ1) is 8.09. The van der Waals surface area contributed by atoms with Gasteiger partial charge in [-0.05, 0) is 30.2 Å². The highest BCUT2D eigenvalue weighted by molar-refractivity contribution is 7.81. The van der Waals surface area contributed by atoms with E-state index in [1.54, 1.807) is 0 Å². The van der Waals surface area contributed by atoms with Gasteiger partial charge in [0, 0.05) is 5.56 Å². The number of rotatable bonds is 2. The molecule has 0 amide bonds. The number of hydrogen-bond donors (Lipinski definition) is 0. The Balaban J connectivity index is 2.45. The van der Waals surface area contributed by atoms with Gasteiger partial charge in [0.1, 0.15) is 11.6 Å². The molecular weight excluding hydrogens is 238 g/mol. The predicted octanol–water partition coefficient (Wildman–Crippen LogP) is 4.04. The quantitative estimate of drug-likeness (QED) is 0.571. The largest absolute Gasteiger partial charge is 0.207 e. The zero-order valence-corrected chi connectivity index (χ0v) is 10.0. The molecular formula is C14H10F2S. The summed E-state index contributed by atoms with van der Waals surface area (Å²) in [5.41, 5.74) is 1.20. The SMILES string of the molecule is Cc1c(F)cc(C(=S)c2ccccc2)cc1F. The first-order valence-corrected chi connectivity index (χ1v) is 5.56. The van der Waals surface area contributed by atoms with Gasteiger partial charge in [-0.1, -0.05) is 42.5 Å². The molecule has 0 heterocycles. The lowest BCUT2D eigenvalue weighted by Gasteiger charge is -2.06. The fourth-order valence-electron chi connectivity index (χ4n) is 1.53. The van der Waals surface area contributed by atoms with Crippen molar-refractivity contribution in [1.82, 2.24) is 0 Å². The predicted molar refractivity (Wildman–Crippen MR) is 68.3 cm³/mol. The summed E-state index contributed by atoms with van der Waals surface area (Å²) in [7, 11) is 0.